The maximum Gasteiger partial charge on any atom is 0.0372 e. The first-order valence-corrected chi connectivity index (χ1v) is 6.71. The minimum atomic E-state index is 0.623. The monoisotopic (exact) mass is 237 g/mol. The summed E-state index contributed by atoms with van der Waals surface area (Å²) in [6.45, 7) is 3.19. The molecule has 3 rings (SSSR count). The first kappa shape index (κ1) is 11.3. The van der Waals surface area contributed by atoms with Crippen molar-refractivity contribution in [2.75, 3.05) is 11.9 Å². The number of anilines is 1. The normalized spacial score (nSPS) is 18.6. The maximum absolute atomic E-state index is 3.59. The minimum absolute atomic E-state index is 0.623. The van der Waals surface area contributed by atoms with E-state index in [1.165, 1.54) is 35.2 Å². The highest BCUT2D eigenvalue weighted by Gasteiger charge is 2.16. The van der Waals surface area contributed by atoms with Crippen LogP contribution in [0.25, 0.3) is 0 Å². The van der Waals surface area contributed by atoms with Crippen LogP contribution in [0.5, 0.6) is 0 Å². The van der Waals surface area contributed by atoms with E-state index in [2.05, 4.69) is 60.8 Å². The van der Waals surface area contributed by atoms with Crippen molar-refractivity contribution >= 4 is 5.69 Å². The van der Waals surface area contributed by atoms with Gasteiger partial charge in [0.15, 0.2) is 0 Å². The van der Waals surface area contributed by atoms with Gasteiger partial charge in [-0.25, -0.2) is 0 Å². The van der Waals surface area contributed by atoms with Crippen molar-refractivity contribution in [3.63, 3.8) is 0 Å². The highest BCUT2D eigenvalue weighted by atomic mass is 14.9. The third-order valence-electron chi connectivity index (χ3n) is 3.87. The molecule has 0 unspecified atom stereocenters. The lowest BCUT2D eigenvalue weighted by atomic mass is 9.93. The second-order valence-corrected chi connectivity index (χ2v) is 5.18. The van der Waals surface area contributed by atoms with Gasteiger partial charge in [0.2, 0.25) is 0 Å². The molecule has 1 heterocycles. The van der Waals surface area contributed by atoms with Crippen molar-refractivity contribution in [2.24, 2.45) is 0 Å². The molecule has 0 saturated heterocycles. The molecule has 1 heteroatoms. The number of fused-ring (bicyclic) bond motifs is 1. The van der Waals surface area contributed by atoms with Crippen LogP contribution in [-0.2, 0) is 6.42 Å². The van der Waals surface area contributed by atoms with Crippen molar-refractivity contribution < 1.29 is 0 Å². The first-order valence-electron chi connectivity index (χ1n) is 6.71. The van der Waals surface area contributed by atoms with Gasteiger partial charge in [-0.3, -0.25) is 0 Å². The van der Waals surface area contributed by atoms with Crippen LogP contribution in [0.15, 0.2) is 48.5 Å². The molecule has 2 aromatic carbocycles. The molecule has 2 aromatic rings. The predicted molar refractivity (Wildman–Crippen MR) is 77.2 cm³/mol. The molecule has 18 heavy (non-hydrogen) atoms. The van der Waals surface area contributed by atoms with Crippen molar-refractivity contribution in [1.82, 2.24) is 0 Å². The molecule has 0 amide bonds. The Labute approximate surface area is 109 Å². The van der Waals surface area contributed by atoms with Crippen molar-refractivity contribution in [1.29, 1.82) is 0 Å². The number of aryl methyl sites for hydroxylation is 2. The van der Waals surface area contributed by atoms with E-state index in [-0.39, 0.29) is 0 Å². The second kappa shape index (κ2) is 4.85. The lowest BCUT2D eigenvalue weighted by molar-refractivity contribution is 0.665. The summed E-state index contributed by atoms with van der Waals surface area (Å²) in [4.78, 5) is 0. The van der Waals surface area contributed by atoms with E-state index in [1.807, 2.05) is 0 Å². The van der Waals surface area contributed by atoms with E-state index < -0.39 is 0 Å². The smallest absolute Gasteiger partial charge is 0.0372 e. The summed E-state index contributed by atoms with van der Waals surface area (Å²) in [5.74, 6) is 0.623. The lowest BCUT2D eigenvalue weighted by Crippen LogP contribution is -2.10. The zero-order chi connectivity index (χ0) is 12.4. The van der Waals surface area contributed by atoms with Crippen LogP contribution in [0.3, 0.4) is 0 Å². The fourth-order valence-electron chi connectivity index (χ4n) is 2.70. The Hall–Kier alpha value is -1.76. The largest absolute Gasteiger partial charge is 0.384 e. The van der Waals surface area contributed by atoms with E-state index in [0.717, 1.165) is 6.54 Å². The fourth-order valence-corrected chi connectivity index (χ4v) is 2.70. The topological polar surface area (TPSA) is 12.0 Å². The Balaban J connectivity index is 1.80. The predicted octanol–water partition coefficient (Wildman–Crippen LogP) is 4.14. The average Bonchev–Trinajstić information content (AvgIpc) is 2.62. The molecule has 0 aromatic heterocycles. The molecule has 0 radical (unpaired) electrons. The third-order valence-corrected chi connectivity index (χ3v) is 3.87. The lowest BCUT2D eigenvalue weighted by Gasteiger charge is -2.15. The Kier molecular flexibility index (Phi) is 3.06. The fraction of sp³-hybridized carbons (Fsp3) is 0.294. The zero-order valence-electron chi connectivity index (χ0n) is 10.8. The molecule has 0 spiro atoms. The van der Waals surface area contributed by atoms with Gasteiger partial charge in [-0.2, -0.15) is 0 Å². The number of hydrogen-bond donors (Lipinski definition) is 1. The number of benzene rings is 2. The molecule has 1 N–H and O–H groups in total. The zero-order valence-corrected chi connectivity index (χ0v) is 10.8. The Morgan fingerprint density at radius 2 is 1.78 bits per heavy atom. The molecule has 1 atom stereocenters. The van der Waals surface area contributed by atoms with Gasteiger partial charge in [0.05, 0.1) is 0 Å². The summed E-state index contributed by atoms with van der Waals surface area (Å²) in [6.07, 6.45) is 2.40. The summed E-state index contributed by atoms with van der Waals surface area (Å²) in [5, 5.41) is 3.59. The summed E-state index contributed by atoms with van der Waals surface area (Å²) >= 11 is 0. The van der Waals surface area contributed by atoms with Crippen LogP contribution in [0.1, 0.15) is 29.0 Å². The summed E-state index contributed by atoms with van der Waals surface area (Å²) in [6, 6.07) is 17.6. The standard InChI is InChI=1S/C17H19N/c1-13-6-8-14(9-7-13)16-11-10-15-4-2-3-5-17(15)18-12-16/h2-9,16,18H,10-12H2,1H3/t16-/m1/s1. The number of rotatable bonds is 1. The van der Waals surface area contributed by atoms with E-state index in [4.69, 9.17) is 0 Å². The van der Waals surface area contributed by atoms with E-state index in [9.17, 15) is 0 Å². The van der Waals surface area contributed by atoms with Gasteiger partial charge >= 0.3 is 0 Å². The van der Waals surface area contributed by atoms with E-state index in [0.29, 0.717) is 5.92 Å². The van der Waals surface area contributed by atoms with Crippen LogP contribution >= 0.6 is 0 Å². The van der Waals surface area contributed by atoms with Gasteiger partial charge in [0, 0.05) is 18.2 Å². The molecular formula is C17H19N. The van der Waals surface area contributed by atoms with Gasteiger partial charge in [0.1, 0.15) is 0 Å². The van der Waals surface area contributed by atoms with E-state index >= 15 is 0 Å². The number of nitrogens with one attached hydrogen (secondary N) is 1. The maximum atomic E-state index is 3.59. The second-order valence-electron chi connectivity index (χ2n) is 5.18. The van der Waals surface area contributed by atoms with Crippen molar-refractivity contribution in [3.05, 3.63) is 65.2 Å². The highest BCUT2D eigenvalue weighted by molar-refractivity contribution is 5.52. The molecule has 1 aliphatic heterocycles. The molecular weight excluding hydrogens is 218 g/mol. The van der Waals surface area contributed by atoms with Gasteiger partial charge in [0.25, 0.3) is 0 Å². The summed E-state index contributed by atoms with van der Waals surface area (Å²) < 4.78 is 0. The van der Waals surface area contributed by atoms with Crippen LogP contribution in [-0.4, -0.2) is 6.54 Å². The van der Waals surface area contributed by atoms with Gasteiger partial charge in [-0.05, 0) is 37.0 Å². The Bertz CT molecular complexity index is 501. The van der Waals surface area contributed by atoms with Crippen LogP contribution in [0, 0.1) is 6.92 Å². The van der Waals surface area contributed by atoms with E-state index in [1.54, 1.807) is 0 Å². The Morgan fingerprint density at radius 3 is 2.61 bits per heavy atom. The molecule has 0 aliphatic carbocycles. The van der Waals surface area contributed by atoms with Crippen LogP contribution in [0.2, 0.25) is 0 Å². The SMILES string of the molecule is Cc1ccc([C@@H]2CCc3ccccc3NC2)cc1. The number of hydrogen-bond acceptors (Lipinski definition) is 1. The number of para-hydroxylation sites is 1. The summed E-state index contributed by atoms with van der Waals surface area (Å²) in [7, 11) is 0. The molecule has 1 aliphatic rings. The average molecular weight is 237 g/mol. The first-order chi connectivity index (χ1) is 8.83. The molecule has 0 fully saturated rings. The minimum Gasteiger partial charge on any atom is -0.384 e. The molecule has 92 valence electrons. The Morgan fingerprint density at radius 1 is 1.00 bits per heavy atom. The van der Waals surface area contributed by atoms with Crippen LogP contribution < -0.4 is 5.32 Å². The van der Waals surface area contributed by atoms with Crippen molar-refractivity contribution in [2.45, 2.75) is 25.7 Å². The molecule has 0 bridgehead atoms. The van der Waals surface area contributed by atoms with Gasteiger partial charge in [-0.15, -0.1) is 0 Å². The van der Waals surface area contributed by atoms with Gasteiger partial charge in [-0.1, -0.05) is 48.0 Å². The molecule has 0 saturated carbocycles. The third kappa shape index (κ3) is 2.26. The highest BCUT2D eigenvalue weighted by Crippen LogP contribution is 2.29. The van der Waals surface area contributed by atoms with Gasteiger partial charge < -0.3 is 5.32 Å². The molecule has 1 nitrogen and oxygen atoms in total. The van der Waals surface area contributed by atoms with Crippen LogP contribution in [0.4, 0.5) is 5.69 Å². The van der Waals surface area contributed by atoms with Crippen molar-refractivity contribution in [3.8, 4) is 0 Å². The summed E-state index contributed by atoms with van der Waals surface area (Å²) in [5.41, 5.74) is 5.56. The quantitative estimate of drug-likeness (QED) is 0.786.